The van der Waals surface area contributed by atoms with Gasteiger partial charge in [-0.25, -0.2) is 14.2 Å². The highest BCUT2D eigenvalue weighted by molar-refractivity contribution is 7.54. The minimum Gasteiger partial charge on any atom is -0.475 e. The lowest BCUT2D eigenvalue weighted by molar-refractivity contribution is -0.192. The third-order valence-electron chi connectivity index (χ3n) is 4.92. The molecule has 6 N–H and O–H groups in total. The summed E-state index contributed by atoms with van der Waals surface area (Å²) < 4.78 is 62.6. The fourth-order valence-electron chi connectivity index (χ4n) is 3.09. The van der Waals surface area contributed by atoms with Crippen molar-refractivity contribution in [1.82, 2.24) is 14.9 Å². The molecule has 1 aliphatic heterocycles. The number of alkyl halides is 3. The molecule has 0 radical (unpaired) electrons. The van der Waals surface area contributed by atoms with Gasteiger partial charge in [0.05, 0.1) is 19.2 Å². The Labute approximate surface area is 227 Å². The van der Waals surface area contributed by atoms with E-state index in [-0.39, 0.29) is 36.8 Å². The summed E-state index contributed by atoms with van der Waals surface area (Å²) in [6, 6.07) is 7.59. The Balaban J connectivity index is 0.000000708. The molecule has 1 aromatic carbocycles. The zero-order valence-electron chi connectivity index (χ0n) is 21.9. The van der Waals surface area contributed by atoms with Crippen molar-refractivity contribution >= 4 is 25.3 Å². The number of carboxylic acid groups (broad SMARTS) is 1. The van der Waals surface area contributed by atoms with Crippen LogP contribution in [0.1, 0.15) is 26.3 Å². The average molecular weight is 593 g/mol. The highest BCUT2D eigenvalue weighted by atomic mass is 31.2. The second-order valence-electron chi connectivity index (χ2n) is 9.70. The summed E-state index contributed by atoms with van der Waals surface area (Å²) in [6.07, 6.45) is -3.96. The molecule has 1 aliphatic rings. The molecule has 40 heavy (non-hydrogen) atoms. The van der Waals surface area contributed by atoms with Crippen molar-refractivity contribution in [3.63, 3.8) is 0 Å². The van der Waals surface area contributed by atoms with Crippen LogP contribution in [0.4, 0.5) is 19.0 Å². The number of nitrogen functional groups attached to an aromatic ring is 1. The van der Waals surface area contributed by atoms with Crippen molar-refractivity contribution < 1.29 is 46.2 Å². The van der Waals surface area contributed by atoms with Crippen LogP contribution in [0.2, 0.25) is 0 Å². The van der Waals surface area contributed by atoms with Crippen molar-refractivity contribution in [3.8, 4) is 5.75 Å². The van der Waals surface area contributed by atoms with Gasteiger partial charge >= 0.3 is 25.4 Å². The molecule has 0 saturated carbocycles. The van der Waals surface area contributed by atoms with E-state index in [1.54, 1.807) is 24.3 Å². The third-order valence-corrected chi connectivity index (χ3v) is 6.42. The zero-order chi connectivity index (χ0) is 30.3. The van der Waals surface area contributed by atoms with E-state index in [1.807, 2.05) is 20.8 Å². The van der Waals surface area contributed by atoms with Crippen molar-refractivity contribution in [3.05, 3.63) is 52.6 Å². The quantitative estimate of drug-likeness (QED) is 0.342. The van der Waals surface area contributed by atoms with Crippen LogP contribution in [0.3, 0.4) is 0 Å². The van der Waals surface area contributed by atoms with Gasteiger partial charge in [-0.05, 0) is 51.0 Å². The zero-order valence-corrected chi connectivity index (χ0v) is 22.8. The maximum Gasteiger partial charge on any atom is 0.490 e. The monoisotopic (exact) mass is 593 g/mol. The van der Waals surface area contributed by atoms with Crippen LogP contribution in [0.5, 0.6) is 5.75 Å². The fraction of sp³-hybridized carbons (Fsp3) is 0.478. The van der Waals surface area contributed by atoms with Crippen molar-refractivity contribution in [2.45, 2.75) is 57.6 Å². The van der Waals surface area contributed by atoms with Gasteiger partial charge < -0.3 is 31.2 Å². The number of benzene rings is 1. The van der Waals surface area contributed by atoms with Gasteiger partial charge in [-0.3, -0.25) is 13.9 Å². The maximum absolute atomic E-state index is 12.9. The van der Waals surface area contributed by atoms with Gasteiger partial charge in [0.1, 0.15) is 17.7 Å². The first-order valence-electron chi connectivity index (χ1n) is 11.7. The van der Waals surface area contributed by atoms with E-state index in [2.05, 4.69) is 10.3 Å². The highest BCUT2D eigenvalue weighted by Gasteiger charge is 2.38. The lowest BCUT2D eigenvalue weighted by Crippen LogP contribution is -2.49. The molecule has 1 unspecified atom stereocenters. The molecule has 3 atom stereocenters. The van der Waals surface area contributed by atoms with E-state index in [4.69, 9.17) is 35.2 Å². The molecule has 13 nitrogen and oxygen atoms in total. The molecule has 1 saturated heterocycles. The summed E-state index contributed by atoms with van der Waals surface area (Å²) in [7, 11) is -3.51. The van der Waals surface area contributed by atoms with Gasteiger partial charge in [-0.2, -0.15) is 18.2 Å². The number of aliphatic carboxylic acids is 1. The number of hydrogen-bond donors (Lipinski definition) is 4. The van der Waals surface area contributed by atoms with E-state index < -0.39 is 37.6 Å². The number of nitrogens with one attached hydrogen (secondary N) is 1. The second-order valence-corrected chi connectivity index (χ2v) is 11.6. The summed E-state index contributed by atoms with van der Waals surface area (Å²) in [5, 5.41) is 9.98. The Kier molecular flexibility index (Phi) is 10.9. The number of carbonyl (C=O) groups is 2. The van der Waals surface area contributed by atoms with Crippen LogP contribution in [0.15, 0.2) is 41.3 Å². The predicted octanol–water partition coefficient (Wildman–Crippen LogP) is 1.89. The van der Waals surface area contributed by atoms with Crippen LogP contribution in [-0.4, -0.2) is 63.3 Å². The van der Waals surface area contributed by atoms with Crippen molar-refractivity contribution in [2.75, 3.05) is 18.7 Å². The van der Waals surface area contributed by atoms with Crippen molar-refractivity contribution in [1.29, 1.82) is 0 Å². The summed E-state index contributed by atoms with van der Waals surface area (Å²) in [4.78, 5) is 36.5. The molecule has 1 amide bonds. The highest BCUT2D eigenvalue weighted by Crippen LogP contribution is 2.50. The molecule has 0 bridgehead atoms. The summed E-state index contributed by atoms with van der Waals surface area (Å²) in [6.45, 7) is 5.84. The van der Waals surface area contributed by atoms with Crippen molar-refractivity contribution in [2.24, 2.45) is 5.73 Å². The van der Waals surface area contributed by atoms with Crippen LogP contribution >= 0.6 is 7.60 Å². The third kappa shape index (κ3) is 11.0. The van der Waals surface area contributed by atoms with Crippen LogP contribution in [0.25, 0.3) is 0 Å². The Hall–Kier alpha value is -3.46. The number of nitrogens with zero attached hydrogens (tertiary/aromatic N) is 2. The molecule has 3 rings (SSSR count). The summed E-state index contributed by atoms with van der Waals surface area (Å²) in [5.41, 5.74) is 11.4. The largest absolute Gasteiger partial charge is 0.490 e. The number of carboxylic acids is 1. The van der Waals surface area contributed by atoms with E-state index in [1.165, 1.54) is 16.8 Å². The second kappa shape index (κ2) is 13.3. The molecular formula is C23H31F3N5O8P. The van der Waals surface area contributed by atoms with Gasteiger partial charge in [-0.1, -0.05) is 12.1 Å². The van der Waals surface area contributed by atoms with E-state index in [0.29, 0.717) is 12.2 Å². The number of nitrogens with two attached hydrogens (primary N) is 2. The topological polar surface area (TPSA) is 198 Å². The maximum atomic E-state index is 12.9. The summed E-state index contributed by atoms with van der Waals surface area (Å²) >= 11 is 0. The van der Waals surface area contributed by atoms with Gasteiger partial charge in [0.15, 0.2) is 6.35 Å². The number of rotatable bonds is 7. The Morgan fingerprint density at radius 3 is 2.33 bits per heavy atom. The first-order valence-corrected chi connectivity index (χ1v) is 13.4. The summed E-state index contributed by atoms with van der Waals surface area (Å²) in [5.74, 6) is -2.51. The molecule has 17 heteroatoms. The molecule has 0 aliphatic carbocycles. The predicted molar refractivity (Wildman–Crippen MR) is 137 cm³/mol. The first-order chi connectivity index (χ1) is 18.4. The van der Waals surface area contributed by atoms with Crippen LogP contribution in [0, 0.1) is 0 Å². The minimum absolute atomic E-state index is 0.0100. The minimum atomic E-state index is -5.08. The van der Waals surface area contributed by atoms with E-state index in [0.717, 1.165) is 5.56 Å². The lowest BCUT2D eigenvalue weighted by Gasteiger charge is -2.29. The van der Waals surface area contributed by atoms with Crippen LogP contribution in [-0.2, 0) is 36.4 Å². The first kappa shape index (κ1) is 32.8. The molecule has 1 aromatic heterocycles. The van der Waals surface area contributed by atoms with Gasteiger partial charge in [0.25, 0.3) is 0 Å². The standard InChI is InChI=1S/C21H30N5O6P.C2HF3O2/c1-21(2,3)25-19(27)17(22)10-14-4-6-15(7-5-14)32-33(29)13-30-16(12-31-33)11-26-9-8-18(23)24-20(26)28;3-2(4,5)1(6)7/h4-9,16-17H,10-13,22H2,1-3H3,(H,25,27)(H2,23,24,28);(H,6,7)/t16-,17+,33?;/m0./s1. The molecule has 2 heterocycles. The van der Waals surface area contributed by atoms with Crippen LogP contribution < -0.4 is 27.0 Å². The van der Waals surface area contributed by atoms with E-state index in [9.17, 15) is 27.3 Å². The molecule has 1 fully saturated rings. The van der Waals surface area contributed by atoms with E-state index >= 15 is 0 Å². The average Bonchev–Trinajstić information content (AvgIpc) is 2.82. The molecule has 0 spiro atoms. The number of amides is 1. The smallest absolute Gasteiger partial charge is 0.475 e. The molecule has 222 valence electrons. The van der Waals surface area contributed by atoms with Gasteiger partial charge in [-0.15, -0.1) is 0 Å². The number of anilines is 1. The normalized spacial score (nSPS) is 20.0. The fourth-order valence-corrected chi connectivity index (χ4v) is 4.50. The number of halogens is 3. The SMILES string of the molecule is CC(C)(C)NC(=O)[C@H](N)Cc1ccc(OP2(=O)CO[C@@H](Cn3ccc(N)nc3=O)CO2)cc1.O=C(O)C(F)(F)F. The number of aromatic nitrogens is 2. The Bertz CT molecular complexity index is 1270. The number of carbonyl (C=O) groups excluding carboxylic acids is 1. The van der Waals surface area contributed by atoms with Gasteiger partial charge in [0.2, 0.25) is 5.91 Å². The Morgan fingerprint density at radius 1 is 1.25 bits per heavy atom. The number of ether oxygens (including phenoxy) is 1. The molecular weight excluding hydrogens is 562 g/mol. The molecule has 2 aromatic rings. The van der Waals surface area contributed by atoms with Gasteiger partial charge in [0, 0.05) is 11.7 Å². The Morgan fingerprint density at radius 2 is 1.85 bits per heavy atom. The lowest BCUT2D eigenvalue weighted by atomic mass is 10.0. The number of hydrogen-bond acceptors (Lipinski definition) is 10.